The molecule has 2 rings (SSSR count). The van der Waals surface area contributed by atoms with Gasteiger partial charge in [0.05, 0.1) is 5.54 Å². The quantitative estimate of drug-likeness (QED) is 0.775. The van der Waals surface area contributed by atoms with E-state index in [1.165, 1.54) is 12.1 Å². The molecule has 0 unspecified atom stereocenters. The molecule has 1 fully saturated rings. The fraction of sp³-hybridized carbons (Fsp3) is 0.562. The topological polar surface area (TPSA) is 29.5 Å². The van der Waals surface area contributed by atoms with Gasteiger partial charge in [0.2, 0.25) is 0 Å². The highest BCUT2D eigenvalue weighted by Crippen LogP contribution is 2.39. The Labute approximate surface area is 119 Å². The summed E-state index contributed by atoms with van der Waals surface area (Å²) >= 11 is 0. The molecule has 1 saturated heterocycles. The van der Waals surface area contributed by atoms with Crippen molar-refractivity contribution in [2.24, 2.45) is 0 Å². The van der Waals surface area contributed by atoms with E-state index in [0.717, 1.165) is 18.4 Å². The van der Waals surface area contributed by atoms with Gasteiger partial charge in [0.15, 0.2) is 0 Å². The van der Waals surface area contributed by atoms with Gasteiger partial charge in [-0.3, -0.25) is 4.90 Å². The molecule has 1 aliphatic heterocycles. The van der Waals surface area contributed by atoms with E-state index in [4.69, 9.17) is 4.74 Å². The van der Waals surface area contributed by atoms with Gasteiger partial charge in [-0.1, -0.05) is 12.1 Å². The summed E-state index contributed by atoms with van der Waals surface area (Å²) in [6, 6.07) is 6.37. The average Bonchev–Trinajstić information content (AvgIpc) is 2.71. The highest BCUT2D eigenvalue weighted by molar-refractivity contribution is 5.70. The van der Waals surface area contributed by atoms with Crippen molar-refractivity contribution in [1.29, 1.82) is 0 Å². The zero-order valence-electron chi connectivity index (χ0n) is 12.6. The molecule has 0 aliphatic carbocycles. The zero-order chi connectivity index (χ0) is 15.0. The molecular formula is C16H22FNO2. The molecule has 0 radical (unpaired) electrons. The Morgan fingerprint density at radius 3 is 2.45 bits per heavy atom. The molecule has 4 heteroatoms. The Kier molecular flexibility index (Phi) is 3.76. The van der Waals surface area contributed by atoms with Crippen molar-refractivity contribution in [3.63, 3.8) is 0 Å². The van der Waals surface area contributed by atoms with E-state index < -0.39 is 11.1 Å². The van der Waals surface area contributed by atoms with E-state index in [1.807, 2.05) is 27.7 Å². The van der Waals surface area contributed by atoms with Crippen LogP contribution < -0.4 is 0 Å². The monoisotopic (exact) mass is 279 g/mol. The van der Waals surface area contributed by atoms with Crippen LogP contribution in [0.3, 0.4) is 0 Å². The lowest BCUT2D eigenvalue weighted by molar-refractivity contribution is 0.00993. The minimum absolute atomic E-state index is 0.265. The summed E-state index contributed by atoms with van der Waals surface area (Å²) in [5, 5.41) is 0. The van der Waals surface area contributed by atoms with Gasteiger partial charge in [-0.25, -0.2) is 9.18 Å². The fourth-order valence-electron chi connectivity index (χ4n) is 2.68. The Balaban J connectivity index is 2.25. The maximum absolute atomic E-state index is 13.1. The second-order valence-corrected chi connectivity index (χ2v) is 6.52. The molecule has 0 saturated carbocycles. The average molecular weight is 279 g/mol. The van der Waals surface area contributed by atoms with Crippen LogP contribution in [0.15, 0.2) is 24.3 Å². The number of amides is 1. The molecule has 20 heavy (non-hydrogen) atoms. The number of ether oxygens (including phenoxy) is 1. The first-order valence-corrected chi connectivity index (χ1v) is 6.99. The first-order chi connectivity index (χ1) is 9.22. The number of carbonyl (C=O) groups excluding carboxylic acids is 1. The van der Waals surface area contributed by atoms with Crippen LogP contribution in [0.5, 0.6) is 0 Å². The maximum Gasteiger partial charge on any atom is 0.411 e. The van der Waals surface area contributed by atoms with Crippen molar-refractivity contribution in [2.45, 2.75) is 51.7 Å². The Bertz CT molecular complexity index is 492. The summed E-state index contributed by atoms with van der Waals surface area (Å²) < 4.78 is 18.5. The fourth-order valence-corrected chi connectivity index (χ4v) is 2.68. The molecule has 1 aromatic carbocycles. The van der Waals surface area contributed by atoms with Crippen LogP contribution in [0, 0.1) is 5.82 Å². The normalized spacial score (nSPS) is 22.9. The number of hydrogen-bond donors (Lipinski definition) is 0. The van der Waals surface area contributed by atoms with Gasteiger partial charge in [-0.2, -0.15) is 0 Å². The summed E-state index contributed by atoms with van der Waals surface area (Å²) in [6.07, 6.45) is 1.48. The van der Waals surface area contributed by atoms with E-state index in [1.54, 1.807) is 17.0 Å². The van der Waals surface area contributed by atoms with E-state index in [2.05, 4.69) is 0 Å². The van der Waals surface area contributed by atoms with Crippen LogP contribution >= 0.6 is 0 Å². The maximum atomic E-state index is 13.1. The van der Waals surface area contributed by atoms with Gasteiger partial charge in [-0.15, -0.1) is 0 Å². The SMILES string of the molecule is CC(C)(C)OC(=O)N1CCC[C@]1(C)c1ccc(F)cc1. The van der Waals surface area contributed by atoms with Crippen molar-refractivity contribution in [3.05, 3.63) is 35.6 Å². The lowest BCUT2D eigenvalue weighted by Gasteiger charge is -2.36. The highest BCUT2D eigenvalue weighted by atomic mass is 19.1. The predicted molar refractivity (Wildman–Crippen MR) is 75.9 cm³/mol. The summed E-state index contributed by atoms with van der Waals surface area (Å²) in [5.74, 6) is -0.265. The Morgan fingerprint density at radius 1 is 1.30 bits per heavy atom. The highest BCUT2D eigenvalue weighted by Gasteiger charge is 2.42. The molecule has 0 spiro atoms. The standard InChI is InChI=1S/C16H22FNO2/c1-15(2,3)20-14(19)18-11-5-10-16(18,4)12-6-8-13(17)9-7-12/h6-9H,5,10-11H2,1-4H3/t16-/m1/s1. The number of hydrogen-bond acceptors (Lipinski definition) is 2. The van der Waals surface area contributed by atoms with E-state index in [0.29, 0.717) is 6.54 Å². The second kappa shape index (κ2) is 5.08. The molecule has 0 N–H and O–H groups in total. The first kappa shape index (κ1) is 14.8. The molecule has 1 amide bonds. The van der Waals surface area contributed by atoms with Crippen LogP contribution in [-0.2, 0) is 10.3 Å². The van der Waals surface area contributed by atoms with Crippen LogP contribution in [0.4, 0.5) is 9.18 Å². The summed E-state index contributed by atoms with van der Waals surface area (Å²) in [7, 11) is 0. The number of benzene rings is 1. The summed E-state index contributed by atoms with van der Waals surface area (Å²) in [5.41, 5.74) is 0.0154. The van der Waals surface area contributed by atoms with E-state index in [9.17, 15) is 9.18 Å². The lowest BCUT2D eigenvalue weighted by atomic mass is 9.89. The zero-order valence-corrected chi connectivity index (χ0v) is 12.6. The molecule has 0 aromatic heterocycles. The van der Waals surface area contributed by atoms with Crippen LogP contribution in [0.25, 0.3) is 0 Å². The van der Waals surface area contributed by atoms with Crippen molar-refractivity contribution < 1.29 is 13.9 Å². The molecule has 0 bridgehead atoms. The van der Waals surface area contributed by atoms with Crippen molar-refractivity contribution >= 4 is 6.09 Å². The largest absolute Gasteiger partial charge is 0.444 e. The summed E-state index contributed by atoms with van der Waals surface area (Å²) in [4.78, 5) is 14.1. The van der Waals surface area contributed by atoms with Gasteiger partial charge in [0, 0.05) is 6.54 Å². The smallest absolute Gasteiger partial charge is 0.411 e. The van der Waals surface area contributed by atoms with Gasteiger partial charge in [0.1, 0.15) is 11.4 Å². The predicted octanol–water partition coefficient (Wildman–Crippen LogP) is 4.07. The number of rotatable bonds is 1. The third-order valence-corrected chi connectivity index (χ3v) is 3.72. The molecule has 110 valence electrons. The second-order valence-electron chi connectivity index (χ2n) is 6.52. The third-order valence-electron chi connectivity index (χ3n) is 3.72. The molecule has 1 aromatic rings. The van der Waals surface area contributed by atoms with Gasteiger partial charge < -0.3 is 4.74 Å². The van der Waals surface area contributed by atoms with Gasteiger partial charge in [0.25, 0.3) is 0 Å². The van der Waals surface area contributed by atoms with Gasteiger partial charge >= 0.3 is 6.09 Å². The van der Waals surface area contributed by atoms with Crippen molar-refractivity contribution in [2.75, 3.05) is 6.54 Å². The van der Waals surface area contributed by atoms with Gasteiger partial charge in [-0.05, 0) is 58.2 Å². The minimum Gasteiger partial charge on any atom is -0.444 e. The van der Waals surface area contributed by atoms with E-state index >= 15 is 0 Å². The summed E-state index contributed by atoms with van der Waals surface area (Å²) in [6.45, 7) is 8.25. The number of likely N-dealkylation sites (tertiary alicyclic amines) is 1. The van der Waals surface area contributed by atoms with Crippen molar-refractivity contribution in [3.8, 4) is 0 Å². The number of carbonyl (C=O) groups is 1. The lowest BCUT2D eigenvalue weighted by Crippen LogP contribution is -2.45. The molecule has 1 atom stereocenters. The number of halogens is 1. The molecule has 1 aliphatic rings. The van der Waals surface area contributed by atoms with Crippen LogP contribution in [0.2, 0.25) is 0 Å². The Morgan fingerprint density at radius 2 is 1.90 bits per heavy atom. The number of nitrogens with zero attached hydrogens (tertiary/aromatic N) is 1. The van der Waals surface area contributed by atoms with Crippen molar-refractivity contribution in [1.82, 2.24) is 4.90 Å². The molecular weight excluding hydrogens is 257 g/mol. The van der Waals surface area contributed by atoms with Crippen LogP contribution in [0.1, 0.15) is 46.1 Å². The Hall–Kier alpha value is -1.58. The first-order valence-electron chi connectivity index (χ1n) is 6.99. The molecule has 3 nitrogen and oxygen atoms in total. The van der Waals surface area contributed by atoms with E-state index in [-0.39, 0.29) is 11.9 Å². The minimum atomic E-state index is -0.511. The molecule has 1 heterocycles. The van der Waals surface area contributed by atoms with Crippen LogP contribution in [-0.4, -0.2) is 23.1 Å². The third kappa shape index (κ3) is 2.94.